The van der Waals surface area contributed by atoms with Gasteiger partial charge < -0.3 is 5.32 Å². The minimum atomic E-state index is -0.170. The average molecular weight is 282 g/mol. The van der Waals surface area contributed by atoms with Gasteiger partial charge >= 0.3 is 0 Å². The van der Waals surface area contributed by atoms with Crippen LogP contribution >= 0.6 is 11.6 Å². The van der Waals surface area contributed by atoms with Crippen LogP contribution in [0.4, 0.5) is 4.39 Å². The van der Waals surface area contributed by atoms with E-state index in [1.807, 2.05) is 13.1 Å². The molecule has 0 saturated heterocycles. The van der Waals surface area contributed by atoms with Crippen LogP contribution in [-0.2, 0) is 6.42 Å². The maximum absolute atomic E-state index is 13.9. The van der Waals surface area contributed by atoms with E-state index >= 15 is 0 Å². The van der Waals surface area contributed by atoms with Crippen LogP contribution in [0.25, 0.3) is 0 Å². The molecule has 0 heterocycles. The van der Waals surface area contributed by atoms with Crippen molar-refractivity contribution < 1.29 is 4.39 Å². The summed E-state index contributed by atoms with van der Waals surface area (Å²) in [5.41, 5.74) is 0.785. The molecule has 1 N–H and O–H groups in total. The molecule has 0 aromatic heterocycles. The standard InChI is InChI=1S/C16H21ClFN/c1-19-15(16-12-4-2-3-5-13(12)16)8-10-6-7-11(17)9-14(10)18/h6-7,9,12-13,15-16,19H,2-5,8H2,1H3. The number of benzene rings is 1. The Labute approximate surface area is 119 Å². The minimum absolute atomic E-state index is 0.170. The molecule has 1 aromatic carbocycles. The molecule has 0 amide bonds. The first kappa shape index (κ1) is 13.4. The molecular weight excluding hydrogens is 261 g/mol. The van der Waals surface area contributed by atoms with Gasteiger partial charge in [0.1, 0.15) is 5.82 Å². The zero-order chi connectivity index (χ0) is 13.4. The molecule has 0 aliphatic heterocycles. The van der Waals surface area contributed by atoms with E-state index in [0.29, 0.717) is 11.1 Å². The number of hydrogen-bond acceptors (Lipinski definition) is 1. The van der Waals surface area contributed by atoms with Gasteiger partial charge in [0.25, 0.3) is 0 Å². The molecular formula is C16H21ClFN. The Kier molecular flexibility index (Phi) is 3.81. The van der Waals surface area contributed by atoms with Crippen LogP contribution < -0.4 is 5.32 Å². The summed E-state index contributed by atoms with van der Waals surface area (Å²) in [6, 6.07) is 5.44. The normalized spacial score (nSPS) is 30.8. The average Bonchev–Trinajstić information content (AvgIpc) is 3.12. The minimum Gasteiger partial charge on any atom is -0.316 e. The third kappa shape index (κ3) is 2.66. The molecule has 19 heavy (non-hydrogen) atoms. The number of rotatable bonds is 4. The highest BCUT2D eigenvalue weighted by molar-refractivity contribution is 6.30. The van der Waals surface area contributed by atoms with Crippen molar-refractivity contribution in [2.75, 3.05) is 7.05 Å². The SMILES string of the molecule is CNC(Cc1ccc(Cl)cc1F)C1C2CCCCC21. The molecule has 104 valence electrons. The predicted molar refractivity (Wildman–Crippen MR) is 76.9 cm³/mol. The summed E-state index contributed by atoms with van der Waals surface area (Å²) in [5.74, 6) is 2.36. The van der Waals surface area contributed by atoms with Crippen molar-refractivity contribution in [1.82, 2.24) is 5.32 Å². The van der Waals surface area contributed by atoms with Gasteiger partial charge in [-0.15, -0.1) is 0 Å². The molecule has 2 aliphatic rings. The molecule has 1 aromatic rings. The highest BCUT2D eigenvalue weighted by Gasteiger charge is 2.53. The number of likely N-dealkylation sites (N-methyl/N-ethyl adjacent to an activating group) is 1. The van der Waals surface area contributed by atoms with Crippen molar-refractivity contribution in [3.63, 3.8) is 0 Å². The molecule has 1 nitrogen and oxygen atoms in total. The van der Waals surface area contributed by atoms with Crippen LogP contribution in [0.5, 0.6) is 0 Å². The Morgan fingerprint density at radius 2 is 2.00 bits per heavy atom. The van der Waals surface area contributed by atoms with Crippen LogP contribution in [0.2, 0.25) is 5.02 Å². The lowest BCUT2D eigenvalue weighted by Crippen LogP contribution is -2.31. The van der Waals surface area contributed by atoms with E-state index < -0.39 is 0 Å². The Morgan fingerprint density at radius 1 is 1.32 bits per heavy atom. The molecule has 3 heteroatoms. The van der Waals surface area contributed by atoms with E-state index in [-0.39, 0.29) is 5.82 Å². The van der Waals surface area contributed by atoms with Crippen LogP contribution in [-0.4, -0.2) is 13.1 Å². The van der Waals surface area contributed by atoms with Gasteiger partial charge in [-0.25, -0.2) is 4.39 Å². The van der Waals surface area contributed by atoms with Crippen LogP contribution in [0.3, 0.4) is 0 Å². The predicted octanol–water partition coefficient (Wildman–Crippen LogP) is 4.05. The Hall–Kier alpha value is -0.600. The number of halogens is 2. The first-order valence-corrected chi connectivity index (χ1v) is 7.69. The van der Waals surface area contributed by atoms with Crippen LogP contribution in [0, 0.1) is 23.6 Å². The van der Waals surface area contributed by atoms with E-state index in [4.69, 9.17) is 11.6 Å². The summed E-state index contributed by atoms with van der Waals surface area (Å²) in [4.78, 5) is 0. The molecule has 2 saturated carbocycles. The van der Waals surface area contributed by atoms with E-state index in [1.54, 1.807) is 6.07 Å². The van der Waals surface area contributed by atoms with Crippen molar-refractivity contribution >= 4 is 11.6 Å². The summed E-state index contributed by atoms with van der Waals surface area (Å²) in [5, 5.41) is 3.89. The quantitative estimate of drug-likeness (QED) is 0.878. The molecule has 0 bridgehead atoms. The monoisotopic (exact) mass is 281 g/mol. The van der Waals surface area contributed by atoms with Crippen molar-refractivity contribution in [2.45, 2.75) is 38.1 Å². The first-order valence-electron chi connectivity index (χ1n) is 7.32. The maximum Gasteiger partial charge on any atom is 0.127 e. The summed E-state index contributed by atoms with van der Waals surface area (Å²) in [7, 11) is 2.00. The summed E-state index contributed by atoms with van der Waals surface area (Å²) in [6.45, 7) is 0. The second kappa shape index (κ2) is 5.41. The molecule has 3 rings (SSSR count). The third-order valence-electron chi connectivity index (χ3n) is 5.01. The van der Waals surface area contributed by atoms with Gasteiger partial charge in [0, 0.05) is 11.1 Å². The molecule has 3 atom stereocenters. The van der Waals surface area contributed by atoms with Gasteiger partial charge in [0.05, 0.1) is 0 Å². The molecule has 0 spiro atoms. The van der Waals surface area contributed by atoms with Gasteiger partial charge in [-0.1, -0.05) is 30.5 Å². The zero-order valence-electron chi connectivity index (χ0n) is 11.3. The van der Waals surface area contributed by atoms with Crippen LogP contribution in [0.1, 0.15) is 31.2 Å². The smallest absolute Gasteiger partial charge is 0.127 e. The lowest BCUT2D eigenvalue weighted by atomic mass is 9.99. The zero-order valence-corrected chi connectivity index (χ0v) is 12.1. The van der Waals surface area contributed by atoms with Gasteiger partial charge in [-0.3, -0.25) is 0 Å². The Bertz CT molecular complexity index is 450. The fourth-order valence-electron chi connectivity index (χ4n) is 4.00. The van der Waals surface area contributed by atoms with Crippen molar-refractivity contribution in [3.8, 4) is 0 Å². The molecule has 2 fully saturated rings. The topological polar surface area (TPSA) is 12.0 Å². The van der Waals surface area contributed by atoms with Gasteiger partial charge in [-0.05, 0) is 61.8 Å². The van der Waals surface area contributed by atoms with E-state index in [1.165, 1.54) is 31.7 Å². The molecule has 2 aliphatic carbocycles. The van der Waals surface area contributed by atoms with E-state index in [9.17, 15) is 4.39 Å². The van der Waals surface area contributed by atoms with Gasteiger partial charge in [0.15, 0.2) is 0 Å². The maximum atomic E-state index is 13.9. The second-order valence-corrected chi connectivity index (χ2v) is 6.46. The van der Waals surface area contributed by atoms with Crippen molar-refractivity contribution in [2.24, 2.45) is 17.8 Å². The number of fused-ring (bicyclic) bond motifs is 1. The largest absolute Gasteiger partial charge is 0.316 e. The highest BCUT2D eigenvalue weighted by atomic mass is 35.5. The lowest BCUT2D eigenvalue weighted by Gasteiger charge is -2.17. The van der Waals surface area contributed by atoms with E-state index in [2.05, 4.69) is 5.32 Å². The van der Waals surface area contributed by atoms with Crippen molar-refractivity contribution in [1.29, 1.82) is 0 Å². The number of nitrogens with one attached hydrogen (secondary N) is 1. The molecule has 3 unspecified atom stereocenters. The Morgan fingerprint density at radius 3 is 2.58 bits per heavy atom. The van der Waals surface area contributed by atoms with E-state index in [0.717, 1.165) is 29.7 Å². The molecule has 0 radical (unpaired) electrons. The second-order valence-electron chi connectivity index (χ2n) is 6.02. The van der Waals surface area contributed by atoms with Gasteiger partial charge in [0.2, 0.25) is 0 Å². The summed E-state index contributed by atoms with van der Waals surface area (Å²) in [6.07, 6.45) is 6.28. The first-order chi connectivity index (χ1) is 9.20. The Balaban J connectivity index is 1.70. The lowest BCUT2D eigenvalue weighted by molar-refractivity contribution is 0.451. The fraction of sp³-hybridized carbons (Fsp3) is 0.625. The van der Waals surface area contributed by atoms with Crippen LogP contribution in [0.15, 0.2) is 18.2 Å². The number of hydrogen-bond donors (Lipinski definition) is 1. The fourth-order valence-corrected chi connectivity index (χ4v) is 4.16. The van der Waals surface area contributed by atoms with Crippen molar-refractivity contribution in [3.05, 3.63) is 34.6 Å². The highest BCUT2D eigenvalue weighted by Crippen LogP contribution is 2.57. The third-order valence-corrected chi connectivity index (χ3v) is 5.25. The summed E-state index contributed by atoms with van der Waals surface area (Å²) >= 11 is 5.81. The summed E-state index contributed by atoms with van der Waals surface area (Å²) < 4.78 is 13.9. The van der Waals surface area contributed by atoms with Gasteiger partial charge in [-0.2, -0.15) is 0 Å².